The molecule has 0 saturated heterocycles. The van der Waals surface area contributed by atoms with Gasteiger partial charge in [0.15, 0.2) is 0 Å². The van der Waals surface area contributed by atoms with Gasteiger partial charge in [0, 0.05) is 17.8 Å². The fourth-order valence-corrected chi connectivity index (χ4v) is 1.37. The van der Waals surface area contributed by atoms with E-state index < -0.39 is 10.7 Å². The third-order valence-electron chi connectivity index (χ3n) is 2.26. The molecule has 6 nitrogen and oxygen atoms in total. The van der Waals surface area contributed by atoms with Gasteiger partial charge in [0.05, 0.1) is 11.1 Å². The maximum atomic E-state index is 13.3. The average molecular weight is 260 g/mol. The molecule has 0 radical (unpaired) electrons. The summed E-state index contributed by atoms with van der Waals surface area (Å²) in [5.74, 6) is -0.427. The molecular formula is C12H9FN4O2. The van der Waals surface area contributed by atoms with Gasteiger partial charge in [-0.25, -0.2) is 9.37 Å². The van der Waals surface area contributed by atoms with E-state index in [4.69, 9.17) is 0 Å². The molecule has 1 aromatic heterocycles. The first kappa shape index (κ1) is 12.6. The Labute approximate surface area is 107 Å². The van der Waals surface area contributed by atoms with Gasteiger partial charge in [0.2, 0.25) is 5.82 Å². The van der Waals surface area contributed by atoms with Crippen molar-refractivity contribution in [3.05, 3.63) is 64.1 Å². The lowest BCUT2D eigenvalue weighted by Gasteiger charge is -2.00. The number of nitro groups is 1. The summed E-state index contributed by atoms with van der Waals surface area (Å²) in [6, 6.07) is 8.80. The van der Waals surface area contributed by atoms with Gasteiger partial charge in [-0.05, 0) is 12.1 Å². The first-order valence-electron chi connectivity index (χ1n) is 5.31. The van der Waals surface area contributed by atoms with Crippen molar-refractivity contribution >= 4 is 17.7 Å². The maximum Gasteiger partial charge on any atom is 0.313 e. The van der Waals surface area contributed by atoms with Crippen LogP contribution in [0.2, 0.25) is 0 Å². The highest BCUT2D eigenvalue weighted by Crippen LogP contribution is 2.19. The van der Waals surface area contributed by atoms with E-state index in [2.05, 4.69) is 15.5 Å². The molecule has 1 N–H and O–H groups in total. The van der Waals surface area contributed by atoms with Crippen molar-refractivity contribution in [1.82, 2.24) is 4.98 Å². The zero-order valence-corrected chi connectivity index (χ0v) is 9.65. The SMILES string of the molecule is O=[N+]([O-])c1cccnc1NN=Cc1ccccc1F. The third kappa shape index (κ3) is 3.09. The Balaban J connectivity index is 2.15. The van der Waals surface area contributed by atoms with Gasteiger partial charge in [-0.2, -0.15) is 5.10 Å². The van der Waals surface area contributed by atoms with Crippen molar-refractivity contribution in [3.63, 3.8) is 0 Å². The van der Waals surface area contributed by atoms with Crippen LogP contribution in [0.3, 0.4) is 0 Å². The van der Waals surface area contributed by atoms with Crippen LogP contribution in [0.15, 0.2) is 47.7 Å². The molecule has 0 saturated carbocycles. The zero-order valence-electron chi connectivity index (χ0n) is 9.65. The molecule has 2 rings (SSSR count). The van der Waals surface area contributed by atoms with Gasteiger partial charge in [-0.15, -0.1) is 0 Å². The van der Waals surface area contributed by atoms with Crippen LogP contribution in [0.1, 0.15) is 5.56 Å². The molecule has 0 spiro atoms. The molecule has 1 aromatic carbocycles. The molecule has 0 amide bonds. The zero-order chi connectivity index (χ0) is 13.7. The van der Waals surface area contributed by atoms with E-state index >= 15 is 0 Å². The summed E-state index contributed by atoms with van der Waals surface area (Å²) in [6.45, 7) is 0. The molecule has 2 aromatic rings. The number of nitrogens with one attached hydrogen (secondary N) is 1. The van der Waals surface area contributed by atoms with Crippen molar-refractivity contribution < 1.29 is 9.31 Å². The highest BCUT2D eigenvalue weighted by molar-refractivity contribution is 5.80. The van der Waals surface area contributed by atoms with Gasteiger partial charge in [0.1, 0.15) is 5.82 Å². The molecule has 0 bridgehead atoms. The highest BCUT2D eigenvalue weighted by Gasteiger charge is 2.12. The number of halogens is 1. The minimum Gasteiger partial charge on any atom is -0.258 e. The van der Waals surface area contributed by atoms with Crippen LogP contribution in [-0.2, 0) is 0 Å². The van der Waals surface area contributed by atoms with Gasteiger partial charge < -0.3 is 0 Å². The maximum absolute atomic E-state index is 13.3. The summed E-state index contributed by atoms with van der Waals surface area (Å²) in [5, 5.41) is 14.5. The molecule has 96 valence electrons. The summed E-state index contributed by atoms with van der Waals surface area (Å²) in [7, 11) is 0. The average Bonchev–Trinajstić information content (AvgIpc) is 2.41. The molecule has 19 heavy (non-hydrogen) atoms. The molecule has 0 aliphatic rings. The largest absolute Gasteiger partial charge is 0.313 e. The lowest BCUT2D eigenvalue weighted by atomic mass is 10.2. The normalized spacial score (nSPS) is 10.6. The molecule has 0 unspecified atom stereocenters. The summed E-state index contributed by atoms with van der Waals surface area (Å²) >= 11 is 0. The highest BCUT2D eigenvalue weighted by atomic mass is 19.1. The number of anilines is 1. The van der Waals surface area contributed by atoms with Crippen molar-refractivity contribution in [3.8, 4) is 0 Å². The smallest absolute Gasteiger partial charge is 0.258 e. The van der Waals surface area contributed by atoms with Gasteiger partial charge in [-0.3, -0.25) is 15.5 Å². The van der Waals surface area contributed by atoms with Crippen LogP contribution in [0.25, 0.3) is 0 Å². The van der Waals surface area contributed by atoms with Crippen LogP contribution in [-0.4, -0.2) is 16.1 Å². The van der Waals surface area contributed by atoms with Crippen LogP contribution in [0.5, 0.6) is 0 Å². The monoisotopic (exact) mass is 260 g/mol. The summed E-state index contributed by atoms with van der Waals surface area (Å²) in [5.41, 5.74) is 2.49. The Morgan fingerprint density at radius 2 is 2.11 bits per heavy atom. The number of aromatic nitrogens is 1. The van der Waals surface area contributed by atoms with E-state index in [1.54, 1.807) is 12.1 Å². The van der Waals surface area contributed by atoms with Crippen molar-refractivity contribution in [2.45, 2.75) is 0 Å². The minimum absolute atomic E-state index is 0.0000827. The molecule has 0 fully saturated rings. The second-order valence-electron chi connectivity index (χ2n) is 3.52. The molecule has 0 atom stereocenters. The Morgan fingerprint density at radius 1 is 1.32 bits per heavy atom. The molecule has 0 aliphatic carbocycles. The molecule has 7 heteroatoms. The first-order valence-corrected chi connectivity index (χ1v) is 5.31. The minimum atomic E-state index is -0.575. The topological polar surface area (TPSA) is 80.4 Å². The number of hydrogen-bond acceptors (Lipinski definition) is 5. The number of hydrazone groups is 1. The van der Waals surface area contributed by atoms with Gasteiger partial charge in [0.25, 0.3) is 0 Å². The van der Waals surface area contributed by atoms with E-state index in [0.717, 1.165) is 0 Å². The van der Waals surface area contributed by atoms with E-state index in [9.17, 15) is 14.5 Å². The van der Waals surface area contributed by atoms with Crippen molar-refractivity contribution in [1.29, 1.82) is 0 Å². The van der Waals surface area contributed by atoms with E-state index in [0.29, 0.717) is 0 Å². The summed E-state index contributed by atoms with van der Waals surface area (Å²) in [4.78, 5) is 13.9. The van der Waals surface area contributed by atoms with Crippen molar-refractivity contribution in [2.24, 2.45) is 5.10 Å². The number of nitrogens with zero attached hydrogens (tertiary/aromatic N) is 3. The summed E-state index contributed by atoms with van der Waals surface area (Å²) < 4.78 is 13.3. The third-order valence-corrected chi connectivity index (χ3v) is 2.26. The van der Waals surface area contributed by atoms with E-state index in [-0.39, 0.29) is 17.1 Å². The Kier molecular flexibility index (Phi) is 3.77. The lowest BCUT2D eigenvalue weighted by molar-refractivity contribution is -0.384. The van der Waals surface area contributed by atoms with Crippen LogP contribution < -0.4 is 5.43 Å². The number of benzene rings is 1. The number of pyridine rings is 1. The Hall–Kier alpha value is -2.83. The quantitative estimate of drug-likeness (QED) is 0.520. The fraction of sp³-hybridized carbons (Fsp3) is 0. The van der Waals surface area contributed by atoms with Crippen LogP contribution in [0.4, 0.5) is 15.9 Å². The van der Waals surface area contributed by atoms with Gasteiger partial charge in [-0.1, -0.05) is 18.2 Å². The predicted molar refractivity (Wildman–Crippen MR) is 68.5 cm³/mol. The first-order chi connectivity index (χ1) is 9.18. The molecule has 1 heterocycles. The van der Waals surface area contributed by atoms with Gasteiger partial charge >= 0.3 is 5.69 Å². The number of rotatable bonds is 4. The van der Waals surface area contributed by atoms with Crippen LogP contribution >= 0.6 is 0 Å². The lowest BCUT2D eigenvalue weighted by Crippen LogP contribution is -1.99. The second kappa shape index (κ2) is 5.67. The molecule has 0 aliphatic heterocycles. The number of hydrogen-bond donors (Lipinski definition) is 1. The Morgan fingerprint density at radius 3 is 2.84 bits per heavy atom. The fourth-order valence-electron chi connectivity index (χ4n) is 1.37. The van der Waals surface area contributed by atoms with E-state index in [1.807, 2.05) is 0 Å². The van der Waals surface area contributed by atoms with Crippen LogP contribution in [0, 0.1) is 15.9 Å². The van der Waals surface area contributed by atoms with E-state index in [1.165, 1.54) is 36.7 Å². The van der Waals surface area contributed by atoms with Crippen molar-refractivity contribution in [2.75, 3.05) is 5.43 Å². The molecular weight excluding hydrogens is 251 g/mol. The Bertz CT molecular complexity index is 631. The summed E-state index contributed by atoms with van der Waals surface area (Å²) in [6.07, 6.45) is 2.63. The standard InChI is InChI=1S/C12H9FN4O2/c13-10-5-2-1-4-9(10)8-15-16-12-11(17(18)19)6-3-7-14-12/h1-8H,(H,14,16). The second-order valence-corrected chi connectivity index (χ2v) is 3.52. The predicted octanol–water partition coefficient (Wildman–Crippen LogP) is 2.57.